The molecule has 4 nitrogen and oxygen atoms in total. The van der Waals surface area contributed by atoms with Crippen molar-refractivity contribution in [2.24, 2.45) is 10.9 Å². The SMILES string of the molecule is CN=C(NCc1ccc(OC)c(C)c1)NCC1CC1.I. The topological polar surface area (TPSA) is 45.7 Å². The maximum Gasteiger partial charge on any atom is 0.191 e. The van der Waals surface area contributed by atoms with Crippen LogP contribution in [0.4, 0.5) is 0 Å². The Hall–Kier alpha value is -0.980. The van der Waals surface area contributed by atoms with Crippen molar-refractivity contribution in [3.63, 3.8) is 0 Å². The molecule has 1 fully saturated rings. The van der Waals surface area contributed by atoms with E-state index in [-0.39, 0.29) is 24.0 Å². The molecule has 1 aliphatic carbocycles. The summed E-state index contributed by atoms with van der Waals surface area (Å²) in [5.41, 5.74) is 2.38. The van der Waals surface area contributed by atoms with E-state index < -0.39 is 0 Å². The molecule has 1 aliphatic rings. The Labute approximate surface area is 138 Å². The zero-order valence-corrected chi connectivity index (χ0v) is 14.7. The fourth-order valence-electron chi connectivity index (χ4n) is 2.02. The van der Waals surface area contributed by atoms with Gasteiger partial charge in [0.05, 0.1) is 7.11 Å². The van der Waals surface area contributed by atoms with Crippen molar-refractivity contribution >= 4 is 29.9 Å². The normalized spacial score (nSPS) is 14.4. The number of benzene rings is 1. The van der Waals surface area contributed by atoms with E-state index >= 15 is 0 Å². The number of halogens is 1. The zero-order chi connectivity index (χ0) is 13.7. The summed E-state index contributed by atoms with van der Waals surface area (Å²) in [5, 5.41) is 6.68. The molecule has 0 spiro atoms. The molecule has 0 atom stereocenters. The summed E-state index contributed by atoms with van der Waals surface area (Å²) in [4.78, 5) is 4.23. The van der Waals surface area contributed by atoms with E-state index in [1.54, 1.807) is 7.11 Å². The quantitative estimate of drug-likeness (QED) is 0.463. The minimum absolute atomic E-state index is 0. The number of aryl methyl sites for hydroxylation is 1. The highest BCUT2D eigenvalue weighted by Crippen LogP contribution is 2.27. The van der Waals surface area contributed by atoms with Crippen molar-refractivity contribution in [3.05, 3.63) is 29.3 Å². The number of nitrogens with one attached hydrogen (secondary N) is 2. The smallest absolute Gasteiger partial charge is 0.191 e. The monoisotopic (exact) mass is 389 g/mol. The van der Waals surface area contributed by atoms with E-state index in [0.29, 0.717) is 0 Å². The van der Waals surface area contributed by atoms with Crippen molar-refractivity contribution < 1.29 is 4.74 Å². The lowest BCUT2D eigenvalue weighted by Gasteiger charge is -2.12. The highest BCUT2D eigenvalue weighted by molar-refractivity contribution is 14.0. The van der Waals surface area contributed by atoms with Gasteiger partial charge in [-0.3, -0.25) is 4.99 Å². The molecule has 0 bridgehead atoms. The summed E-state index contributed by atoms with van der Waals surface area (Å²) in [6, 6.07) is 6.22. The van der Waals surface area contributed by atoms with Gasteiger partial charge in [0.25, 0.3) is 0 Å². The summed E-state index contributed by atoms with van der Waals surface area (Å²) in [7, 11) is 3.51. The van der Waals surface area contributed by atoms with Crippen LogP contribution in [0.25, 0.3) is 0 Å². The minimum Gasteiger partial charge on any atom is -0.496 e. The van der Waals surface area contributed by atoms with Gasteiger partial charge in [-0.2, -0.15) is 0 Å². The molecule has 0 radical (unpaired) electrons. The third kappa shape index (κ3) is 5.19. The van der Waals surface area contributed by atoms with Crippen LogP contribution in [-0.2, 0) is 6.54 Å². The third-order valence-electron chi connectivity index (χ3n) is 3.40. The van der Waals surface area contributed by atoms with Crippen LogP contribution >= 0.6 is 24.0 Å². The molecule has 0 heterocycles. The number of rotatable bonds is 5. The van der Waals surface area contributed by atoms with Crippen LogP contribution in [0.5, 0.6) is 5.75 Å². The van der Waals surface area contributed by atoms with Crippen LogP contribution in [0, 0.1) is 12.8 Å². The predicted octanol–water partition coefficient (Wildman–Crippen LogP) is 2.70. The zero-order valence-electron chi connectivity index (χ0n) is 12.4. The molecular weight excluding hydrogens is 365 g/mol. The number of methoxy groups -OCH3 is 1. The summed E-state index contributed by atoms with van der Waals surface area (Å²) in [6.45, 7) is 3.86. The summed E-state index contributed by atoms with van der Waals surface area (Å²) in [6.07, 6.45) is 2.70. The first-order chi connectivity index (χ1) is 9.22. The second-order valence-corrected chi connectivity index (χ2v) is 5.05. The number of hydrogen-bond acceptors (Lipinski definition) is 2. The number of nitrogens with zero attached hydrogens (tertiary/aromatic N) is 1. The number of aliphatic imine (C=N–C) groups is 1. The molecule has 0 aliphatic heterocycles. The van der Waals surface area contributed by atoms with E-state index in [1.807, 2.05) is 13.1 Å². The van der Waals surface area contributed by atoms with E-state index in [1.165, 1.54) is 18.4 Å². The average molecular weight is 389 g/mol. The van der Waals surface area contributed by atoms with Gasteiger partial charge in [-0.1, -0.05) is 12.1 Å². The third-order valence-corrected chi connectivity index (χ3v) is 3.40. The largest absolute Gasteiger partial charge is 0.496 e. The van der Waals surface area contributed by atoms with Crippen LogP contribution in [0.1, 0.15) is 24.0 Å². The standard InChI is InChI=1S/C15H23N3O.HI/c1-11-8-13(6-7-14(11)19-3)10-18-15(16-2)17-9-12-4-5-12;/h6-8,12H,4-5,9-10H2,1-3H3,(H2,16,17,18);1H. The van der Waals surface area contributed by atoms with Gasteiger partial charge in [0.15, 0.2) is 5.96 Å². The van der Waals surface area contributed by atoms with Crippen molar-refractivity contribution in [3.8, 4) is 5.75 Å². The lowest BCUT2D eigenvalue weighted by Crippen LogP contribution is -2.37. The Morgan fingerprint density at radius 1 is 1.35 bits per heavy atom. The maximum absolute atomic E-state index is 5.26. The summed E-state index contributed by atoms with van der Waals surface area (Å²) >= 11 is 0. The van der Waals surface area contributed by atoms with Gasteiger partial charge in [-0.15, -0.1) is 24.0 Å². The minimum atomic E-state index is 0. The van der Waals surface area contributed by atoms with E-state index in [4.69, 9.17) is 4.74 Å². The van der Waals surface area contributed by atoms with Gasteiger partial charge in [0.1, 0.15) is 5.75 Å². The predicted molar refractivity (Wildman–Crippen MR) is 94.1 cm³/mol. The fourth-order valence-corrected chi connectivity index (χ4v) is 2.02. The summed E-state index contributed by atoms with van der Waals surface area (Å²) < 4.78 is 5.26. The van der Waals surface area contributed by atoms with E-state index in [9.17, 15) is 0 Å². The van der Waals surface area contributed by atoms with Gasteiger partial charge in [-0.05, 0) is 42.9 Å². The highest BCUT2D eigenvalue weighted by Gasteiger charge is 2.20. The lowest BCUT2D eigenvalue weighted by atomic mass is 10.1. The van der Waals surface area contributed by atoms with Crippen molar-refractivity contribution in [2.75, 3.05) is 20.7 Å². The molecule has 1 aromatic carbocycles. The van der Waals surface area contributed by atoms with Gasteiger partial charge >= 0.3 is 0 Å². The first kappa shape index (κ1) is 17.1. The second kappa shape index (κ2) is 8.34. The number of hydrogen-bond donors (Lipinski definition) is 2. The Morgan fingerprint density at radius 2 is 2.10 bits per heavy atom. The van der Waals surface area contributed by atoms with Crippen LogP contribution in [0.15, 0.2) is 23.2 Å². The lowest BCUT2D eigenvalue weighted by molar-refractivity contribution is 0.411. The maximum atomic E-state index is 5.26. The molecule has 2 rings (SSSR count). The Bertz CT molecular complexity index is 458. The van der Waals surface area contributed by atoms with Crippen molar-refractivity contribution in [1.29, 1.82) is 0 Å². The Kier molecular flexibility index (Phi) is 7.12. The fraction of sp³-hybridized carbons (Fsp3) is 0.533. The molecule has 1 saturated carbocycles. The molecular formula is C15H24IN3O. The molecule has 5 heteroatoms. The Morgan fingerprint density at radius 3 is 2.65 bits per heavy atom. The average Bonchev–Trinajstić information content (AvgIpc) is 3.23. The van der Waals surface area contributed by atoms with Crippen LogP contribution in [-0.4, -0.2) is 26.7 Å². The van der Waals surface area contributed by atoms with Gasteiger partial charge in [0, 0.05) is 20.1 Å². The highest BCUT2D eigenvalue weighted by atomic mass is 127. The van der Waals surface area contributed by atoms with Crippen LogP contribution in [0.2, 0.25) is 0 Å². The van der Waals surface area contributed by atoms with Crippen LogP contribution in [0.3, 0.4) is 0 Å². The molecule has 0 aromatic heterocycles. The molecule has 0 saturated heterocycles. The number of guanidine groups is 1. The first-order valence-corrected chi connectivity index (χ1v) is 6.81. The number of ether oxygens (including phenoxy) is 1. The molecule has 2 N–H and O–H groups in total. The molecule has 112 valence electrons. The second-order valence-electron chi connectivity index (χ2n) is 5.05. The molecule has 20 heavy (non-hydrogen) atoms. The van der Waals surface area contributed by atoms with Gasteiger partial charge in [0.2, 0.25) is 0 Å². The van der Waals surface area contributed by atoms with Crippen LogP contribution < -0.4 is 15.4 Å². The molecule has 0 amide bonds. The first-order valence-electron chi connectivity index (χ1n) is 6.81. The molecule has 0 unspecified atom stereocenters. The van der Waals surface area contributed by atoms with Crippen molar-refractivity contribution in [1.82, 2.24) is 10.6 Å². The van der Waals surface area contributed by atoms with Gasteiger partial charge in [-0.25, -0.2) is 0 Å². The van der Waals surface area contributed by atoms with Crippen molar-refractivity contribution in [2.45, 2.75) is 26.3 Å². The summed E-state index contributed by atoms with van der Waals surface area (Å²) in [5.74, 6) is 2.65. The van der Waals surface area contributed by atoms with Gasteiger partial charge < -0.3 is 15.4 Å². The van der Waals surface area contributed by atoms with E-state index in [0.717, 1.165) is 36.3 Å². The molecule has 1 aromatic rings. The van der Waals surface area contributed by atoms with E-state index in [2.05, 4.69) is 34.7 Å². The Balaban J connectivity index is 0.00000200.